The van der Waals surface area contributed by atoms with Crippen molar-refractivity contribution in [2.24, 2.45) is 5.41 Å². The van der Waals surface area contributed by atoms with E-state index in [0.717, 1.165) is 48.8 Å². The Kier molecular flexibility index (Phi) is 4.12. The van der Waals surface area contributed by atoms with Gasteiger partial charge >= 0.3 is 0 Å². The van der Waals surface area contributed by atoms with Crippen LogP contribution < -0.4 is 5.32 Å². The Bertz CT molecular complexity index is 943. The van der Waals surface area contributed by atoms with Gasteiger partial charge in [0.25, 0.3) is 5.91 Å². The first-order valence-corrected chi connectivity index (χ1v) is 9.24. The molecule has 0 bridgehead atoms. The van der Waals surface area contributed by atoms with E-state index in [9.17, 15) is 10.1 Å². The summed E-state index contributed by atoms with van der Waals surface area (Å²) in [6, 6.07) is 18.2. The number of hydrogen-bond donors (Lipinski definition) is 1. The van der Waals surface area contributed by atoms with Crippen LogP contribution in [0.5, 0.6) is 0 Å². The van der Waals surface area contributed by atoms with Gasteiger partial charge in [-0.2, -0.15) is 5.26 Å². The second-order valence-corrected chi connectivity index (χ2v) is 7.51. The van der Waals surface area contributed by atoms with Crippen LogP contribution in [0.1, 0.15) is 52.7 Å². The zero-order valence-electron chi connectivity index (χ0n) is 15.0. The van der Waals surface area contributed by atoms with E-state index in [-0.39, 0.29) is 11.3 Å². The van der Waals surface area contributed by atoms with Gasteiger partial charge in [-0.15, -0.1) is 0 Å². The van der Waals surface area contributed by atoms with Crippen LogP contribution >= 0.6 is 0 Å². The predicted molar refractivity (Wildman–Crippen MR) is 102 cm³/mol. The lowest BCUT2D eigenvalue weighted by atomic mass is 9.68. The molecule has 0 saturated heterocycles. The fourth-order valence-corrected chi connectivity index (χ4v) is 4.53. The molecule has 0 radical (unpaired) electrons. The SMILES string of the molecule is Cc1cccc(C(=O)NC2=C(C#N)C3(CCCC3)Cc3ccccc32)c1. The summed E-state index contributed by atoms with van der Waals surface area (Å²) in [7, 11) is 0. The number of fused-ring (bicyclic) bond motifs is 1. The molecule has 1 amide bonds. The number of nitriles is 1. The van der Waals surface area contributed by atoms with Crippen LogP contribution in [0.3, 0.4) is 0 Å². The molecule has 2 aromatic rings. The Balaban J connectivity index is 1.81. The smallest absolute Gasteiger partial charge is 0.255 e. The zero-order valence-corrected chi connectivity index (χ0v) is 15.0. The second-order valence-electron chi connectivity index (χ2n) is 7.51. The molecule has 0 heterocycles. The lowest BCUT2D eigenvalue weighted by Gasteiger charge is -2.36. The monoisotopic (exact) mass is 342 g/mol. The van der Waals surface area contributed by atoms with E-state index in [1.54, 1.807) is 0 Å². The van der Waals surface area contributed by atoms with Crippen LogP contribution in [0.4, 0.5) is 0 Å². The van der Waals surface area contributed by atoms with Crippen molar-refractivity contribution in [2.45, 2.75) is 39.0 Å². The van der Waals surface area contributed by atoms with E-state index in [4.69, 9.17) is 0 Å². The fraction of sp³-hybridized carbons (Fsp3) is 0.304. The highest BCUT2D eigenvalue weighted by molar-refractivity contribution is 6.01. The van der Waals surface area contributed by atoms with Gasteiger partial charge in [-0.05, 0) is 43.9 Å². The van der Waals surface area contributed by atoms with Gasteiger partial charge in [0.1, 0.15) is 0 Å². The first kappa shape index (κ1) is 16.6. The quantitative estimate of drug-likeness (QED) is 0.854. The number of allylic oxidation sites excluding steroid dienone is 1. The highest BCUT2D eigenvalue weighted by atomic mass is 16.1. The molecule has 0 unspecified atom stereocenters. The highest BCUT2D eigenvalue weighted by Gasteiger charge is 2.43. The van der Waals surface area contributed by atoms with E-state index in [1.807, 2.05) is 49.4 Å². The molecule has 1 fully saturated rings. The van der Waals surface area contributed by atoms with Gasteiger partial charge in [0.05, 0.1) is 17.3 Å². The number of benzene rings is 2. The normalized spacial score (nSPS) is 17.7. The third kappa shape index (κ3) is 2.72. The number of hydrogen-bond acceptors (Lipinski definition) is 2. The molecule has 3 nitrogen and oxygen atoms in total. The molecule has 0 atom stereocenters. The lowest BCUT2D eigenvalue weighted by molar-refractivity contribution is 0.0973. The summed E-state index contributed by atoms with van der Waals surface area (Å²) in [5.74, 6) is -0.152. The summed E-state index contributed by atoms with van der Waals surface area (Å²) in [6.07, 6.45) is 5.23. The highest BCUT2D eigenvalue weighted by Crippen LogP contribution is 2.51. The number of nitrogens with one attached hydrogen (secondary N) is 1. The van der Waals surface area contributed by atoms with E-state index in [2.05, 4.69) is 17.5 Å². The molecular weight excluding hydrogens is 320 g/mol. The average molecular weight is 342 g/mol. The molecule has 2 aromatic carbocycles. The third-order valence-corrected chi connectivity index (χ3v) is 5.79. The van der Waals surface area contributed by atoms with Crippen molar-refractivity contribution in [1.82, 2.24) is 5.32 Å². The first-order chi connectivity index (χ1) is 12.6. The van der Waals surface area contributed by atoms with Crippen LogP contribution in [0, 0.1) is 23.7 Å². The molecule has 0 aromatic heterocycles. The fourth-order valence-electron chi connectivity index (χ4n) is 4.53. The average Bonchev–Trinajstić information content (AvgIpc) is 3.10. The van der Waals surface area contributed by atoms with Crippen LogP contribution in [-0.2, 0) is 6.42 Å². The van der Waals surface area contributed by atoms with Gasteiger partial charge in [-0.1, -0.05) is 54.8 Å². The summed E-state index contributed by atoms with van der Waals surface area (Å²) in [5, 5.41) is 13.1. The molecule has 3 heteroatoms. The minimum absolute atomic E-state index is 0.113. The maximum Gasteiger partial charge on any atom is 0.255 e. The number of aryl methyl sites for hydroxylation is 1. The number of carbonyl (C=O) groups is 1. The Morgan fingerprint density at radius 2 is 1.88 bits per heavy atom. The van der Waals surface area contributed by atoms with Gasteiger partial charge in [0.15, 0.2) is 0 Å². The van der Waals surface area contributed by atoms with Crippen molar-refractivity contribution in [3.63, 3.8) is 0 Å². The zero-order chi connectivity index (χ0) is 18.1. The van der Waals surface area contributed by atoms with Crippen LogP contribution in [0.15, 0.2) is 54.1 Å². The summed E-state index contributed by atoms with van der Waals surface area (Å²) < 4.78 is 0. The van der Waals surface area contributed by atoms with Crippen molar-refractivity contribution in [1.29, 1.82) is 5.26 Å². The second kappa shape index (κ2) is 6.46. The van der Waals surface area contributed by atoms with Gasteiger partial charge in [-0.25, -0.2) is 0 Å². The Morgan fingerprint density at radius 1 is 1.12 bits per heavy atom. The van der Waals surface area contributed by atoms with E-state index < -0.39 is 0 Å². The van der Waals surface area contributed by atoms with Gasteiger partial charge in [-0.3, -0.25) is 4.79 Å². The number of carbonyl (C=O) groups excluding carboxylic acids is 1. The van der Waals surface area contributed by atoms with Gasteiger partial charge in [0, 0.05) is 16.5 Å². The molecule has 130 valence electrons. The summed E-state index contributed by atoms with van der Waals surface area (Å²) in [6.45, 7) is 1.97. The Labute approximate surface area is 154 Å². The van der Waals surface area contributed by atoms with E-state index in [0.29, 0.717) is 11.3 Å². The minimum Gasteiger partial charge on any atom is -0.321 e. The molecule has 1 spiro atoms. The number of nitrogens with zero attached hydrogens (tertiary/aromatic N) is 1. The molecule has 4 rings (SSSR count). The van der Waals surface area contributed by atoms with Crippen molar-refractivity contribution in [2.75, 3.05) is 0 Å². The van der Waals surface area contributed by atoms with Crippen molar-refractivity contribution < 1.29 is 4.79 Å². The van der Waals surface area contributed by atoms with E-state index >= 15 is 0 Å². The van der Waals surface area contributed by atoms with Gasteiger partial charge in [0.2, 0.25) is 0 Å². The molecule has 1 saturated carbocycles. The summed E-state index contributed by atoms with van der Waals surface area (Å²) in [4.78, 5) is 12.9. The first-order valence-electron chi connectivity index (χ1n) is 9.24. The summed E-state index contributed by atoms with van der Waals surface area (Å²) in [5.41, 5.74) is 5.24. The standard InChI is InChI=1S/C23H22N2O/c1-16-7-6-9-17(13-16)22(26)25-21-19-10-3-2-8-18(19)14-23(20(21)15-24)11-4-5-12-23/h2-3,6-10,13H,4-5,11-12,14H2,1H3,(H,25,26). The van der Waals surface area contributed by atoms with E-state index in [1.165, 1.54) is 5.56 Å². The Hall–Kier alpha value is -2.86. The molecular formula is C23H22N2O. The van der Waals surface area contributed by atoms with Crippen molar-refractivity contribution >= 4 is 11.6 Å². The van der Waals surface area contributed by atoms with Crippen molar-refractivity contribution in [3.8, 4) is 6.07 Å². The molecule has 2 aliphatic carbocycles. The molecule has 1 N–H and O–H groups in total. The van der Waals surface area contributed by atoms with Crippen LogP contribution in [0.25, 0.3) is 5.70 Å². The Morgan fingerprint density at radius 3 is 2.62 bits per heavy atom. The lowest BCUT2D eigenvalue weighted by Crippen LogP contribution is -2.33. The molecule has 2 aliphatic rings. The maximum atomic E-state index is 12.9. The van der Waals surface area contributed by atoms with Crippen LogP contribution in [-0.4, -0.2) is 5.91 Å². The number of amides is 1. The maximum absolute atomic E-state index is 12.9. The van der Waals surface area contributed by atoms with Gasteiger partial charge < -0.3 is 5.32 Å². The molecule has 0 aliphatic heterocycles. The topological polar surface area (TPSA) is 52.9 Å². The molecule has 26 heavy (non-hydrogen) atoms. The van der Waals surface area contributed by atoms with Crippen molar-refractivity contribution in [3.05, 3.63) is 76.4 Å². The summed E-state index contributed by atoms with van der Waals surface area (Å²) >= 11 is 0. The van der Waals surface area contributed by atoms with Crippen LogP contribution in [0.2, 0.25) is 0 Å². The minimum atomic E-state index is -0.152. The predicted octanol–water partition coefficient (Wildman–Crippen LogP) is 4.78. The third-order valence-electron chi connectivity index (χ3n) is 5.79. The number of rotatable bonds is 2. The largest absolute Gasteiger partial charge is 0.321 e.